The highest BCUT2D eigenvalue weighted by Crippen LogP contribution is 2.16. The van der Waals surface area contributed by atoms with Gasteiger partial charge in [0.25, 0.3) is 0 Å². The van der Waals surface area contributed by atoms with E-state index in [1.165, 1.54) is 6.92 Å². The van der Waals surface area contributed by atoms with Gasteiger partial charge in [-0.15, -0.1) is 0 Å². The van der Waals surface area contributed by atoms with Crippen LogP contribution in [0.2, 0.25) is 0 Å². The summed E-state index contributed by atoms with van der Waals surface area (Å²) in [6, 6.07) is 2.83. The average Bonchev–Trinajstić information content (AvgIpc) is 2.31. The number of benzene rings is 1. The maximum Gasteiger partial charge on any atom is 0.397 e. The van der Waals surface area contributed by atoms with Gasteiger partial charge in [-0.1, -0.05) is 0 Å². The summed E-state index contributed by atoms with van der Waals surface area (Å²) in [5.74, 6) is -4.46. The highest BCUT2D eigenvalue weighted by atomic mass is 19.1. The zero-order valence-corrected chi connectivity index (χ0v) is 9.40. The second-order valence-corrected chi connectivity index (χ2v) is 3.17. The number of esters is 1. The first-order valence-electron chi connectivity index (χ1n) is 4.96. The third-order valence-corrected chi connectivity index (χ3v) is 1.92. The quantitative estimate of drug-likeness (QED) is 0.621. The normalized spacial score (nSPS) is 9.67. The van der Waals surface area contributed by atoms with Crippen LogP contribution in [-0.2, 0) is 14.3 Å². The summed E-state index contributed by atoms with van der Waals surface area (Å²) in [7, 11) is 0. The van der Waals surface area contributed by atoms with Crippen molar-refractivity contribution in [2.45, 2.75) is 6.92 Å². The minimum atomic E-state index is -1.28. The molecule has 1 amide bonds. The topological polar surface area (TPSA) is 92.7 Å². The number of hydrogen-bond acceptors (Lipinski definition) is 4. The molecule has 1 aromatic carbocycles. The van der Waals surface area contributed by atoms with Crippen molar-refractivity contribution in [2.24, 2.45) is 0 Å². The predicted molar refractivity (Wildman–Crippen MR) is 58.6 cm³/mol. The molecule has 0 spiro atoms. The van der Waals surface area contributed by atoms with Gasteiger partial charge in [0.1, 0.15) is 5.82 Å². The van der Waals surface area contributed by atoms with Crippen molar-refractivity contribution in [1.82, 2.24) is 0 Å². The van der Waals surface area contributed by atoms with Crippen molar-refractivity contribution < 1.29 is 28.6 Å². The molecule has 0 radical (unpaired) electrons. The van der Waals surface area contributed by atoms with Crippen molar-refractivity contribution in [2.75, 3.05) is 11.9 Å². The molecule has 6 nitrogen and oxygen atoms in total. The van der Waals surface area contributed by atoms with E-state index >= 15 is 0 Å². The maximum atomic E-state index is 13.3. The van der Waals surface area contributed by atoms with Gasteiger partial charge >= 0.3 is 17.8 Å². The lowest BCUT2D eigenvalue weighted by atomic mass is 10.2. The molecule has 0 saturated carbocycles. The fourth-order valence-corrected chi connectivity index (χ4v) is 1.12. The Labute approximate surface area is 101 Å². The average molecular weight is 255 g/mol. The van der Waals surface area contributed by atoms with Gasteiger partial charge in [-0.05, 0) is 25.1 Å². The zero-order chi connectivity index (χ0) is 13.7. The van der Waals surface area contributed by atoms with Crippen LogP contribution in [0.25, 0.3) is 0 Å². The van der Waals surface area contributed by atoms with E-state index in [0.29, 0.717) is 0 Å². The number of carboxylic acid groups (broad SMARTS) is 1. The number of aromatic carboxylic acids is 1. The Morgan fingerprint density at radius 2 is 2.06 bits per heavy atom. The SMILES string of the molecule is CCOC(=O)C(=O)Nc1cc(C(=O)O)ccc1F. The van der Waals surface area contributed by atoms with E-state index in [9.17, 15) is 18.8 Å². The fraction of sp³-hybridized carbons (Fsp3) is 0.182. The van der Waals surface area contributed by atoms with E-state index < -0.39 is 29.4 Å². The molecule has 0 saturated heterocycles. The number of halogens is 1. The molecule has 0 bridgehead atoms. The van der Waals surface area contributed by atoms with Crippen LogP contribution in [0.5, 0.6) is 0 Å². The molecule has 0 heterocycles. The van der Waals surface area contributed by atoms with Gasteiger partial charge in [0, 0.05) is 0 Å². The van der Waals surface area contributed by atoms with Crippen molar-refractivity contribution in [1.29, 1.82) is 0 Å². The first-order valence-corrected chi connectivity index (χ1v) is 4.96. The number of carbonyl (C=O) groups is 3. The van der Waals surface area contributed by atoms with Crippen LogP contribution < -0.4 is 5.32 Å². The van der Waals surface area contributed by atoms with Gasteiger partial charge in [0.05, 0.1) is 17.9 Å². The molecule has 7 heteroatoms. The zero-order valence-electron chi connectivity index (χ0n) is 9.40. The Morgan fingerprint density at radius 1 is 1.39 bits per heavy atom. The molecule has 1 rings (SSSR count). The lowest BCUT2D eigenvalue weighted by molar-refractivity contribution is -0.152. The molecule has 0 aliphatic rings. The van der Waals surface area contributed by atoms with Crippen LogP contribution in [0.1, 0.15) is 17.3 Å². The van der Waals surface area contributed by atoms with Crippen LogP contribution in [-0.4, -0.2) is 29.6 Å². The Kier molecular flexibility index (Phi) is 4.36. The number of amides is 1. The smallest absolute Gasteiger partial charge is 0.397 e. The molecular weight excluding hydrogens is 245 g/mol. The monoisotopic (exact) mass is 255 g/mol. The summed E-state index contributed by atoms with van der Waals surface area (Å²) in [6.45, 7) is 1.51. The van der Waals surface area contributed by atoms with Crippen molar-refractivity contribution >= 4 is 23.5 Å². The van der Waals surface area contributed by atoms with Crippen LogP contribution in [0, 0.1) is 5.82 Å². The van der Waals surface area contributed by atoms with Crippen molar-refractivity contribution in [3.05, 3.63) is 29.6 Å². The molecule has 2 N–H and O–H groups in total. The molecule has 0 unspecified atom stereocenters. The minimum absolute atomic E-state index is 0.00387. The predicted octanol–water partition coefficient (Wildman–Crippen LogP) is 1.03. The van der Waals surface area contributed by atoms with E-state index in [2.05, 4.69) is 4.74 Å². The molecular formula is C11H10FNO5. The van der Waals surface area contributed by atoms with E-state index in [-0.39, 0.29) is 12.2 Å². The largest absolute Gasteiger partial charge is 0.478 e. The molecule has 1 aromatic rings. The second kappa shape index (κ2) is 5.76. The van der Waals surface area contributed by atoms with Crippen LogP contribution >= 0.6 is 0 Å². The number of nitrogens with one attached hydrogen (secondary N) is 1. The second-order valence-electron chi connectivity index (χ2n) is 3.17. The summed E-state index contributed by atoms with van der Waals surface area (Å²) in [4.78, 5) is 32.9. The fourth-order valence-electron chi connectivity index (χ4n) is 1.12. The minimum Gasteiger partial charge on any atom is -0.478 e. The molecule has 18 heavy (non-hydrogen) atoms. The van der Waals surface area contributed by atoms with Gasteiger partial charge < -0.3 is 15.2 Å². The third kappa shape index (κ3) is 3.27. The standard InChI is InChI=1S/C11H10FNO5/c1-2-18-11(17)9(14)13-8-5-6(10(15)16)3-4-7(8)12/h3-5H,2H2,1H3,(H,13,14)(H,15,16). The van der Waals surface area contributed by atoms with E-state index in [0.717, 1.165) is 18.2 Å². The highest BCUT2D eigenvalue weighted by molar-refractivity contribution is 6.37. The number of anilines is 1. The molecule has 0 fully saturated rings. The van der Waals surface area contributed by atoms with Gasteiger partial charge in [-0.3, -0.25) is 4.79 Å². The van der Waals surface area contributed by atoms with Crippen LogP contribution in [0.3, 0.4) is 0 Å². The highest BCUT2D eigenvalue weighted by Gasteiger charge is 2.17. The molecule has 0 atom stereocenters. The van der Waals surface area contributed by atoms with Gasteiger partial charge in [0.2, 0.25) is 0 Å². The summed E-state index contributed by atoms with van der Waals surface area (Å²) >= 11 is 0. The number of carboxylic acids is 1. The summed E-state index contributed by atoms with van der Waals surface area (Å²) in [6.07, 6.45) is 0. The Bertz CT molecular complexity index is 500. The molecule has 0 aliphatic carbocycles. The first-order chi connectivity index (χ1) is 8.45. The molecule has 96 valence electrons. The number of carbonyl (C=O) groups excluding carboxylic acids is 2. The van der Waals surface area contributed by atoms with Gasteiger partial charge in [-0.25, -0.2) is 14.0 Å². The molecule has 0 aromatic heterocycles. The summed E-state index contributed by atoms with van der Waals surface area (Å²) < 4.78 is 17.7. The van der Waals surface area contributed by atoms with Gasteiger partial charge in [-0.2, -0.15) is 0 Å². The Morgan fingerprint density at radius 3 is 2.61 bits per heavy atom. The lowest BCUT2D eigenvalue weighted by Gasteiger charge is -2.06. The maximum absolute atomic E-state index is 13.3. The summed E-state index contributed by atoms with van der Waals surface area (Å²) in [5, 5.41) is 10.6. The number of hydrogen-bond donors (Lipinski definition) is 2. The lowest BCUT2D eigenvalue weighted by Crippen LogP contribution is -2.25. The van der Waals surface area contributed by atoms with Crippen LogP contribution in [0.4, 0.5) is 10.1 Å². The van der Waals surface area contributed by atoms with E-state index in [1.54, 1.807) is 0 Å². The van der Waals surface area contributed by atoms with Gasteiger partial charge in [0.15, 0.2) is 0 Å². The summed E-state index contributed by atoms with van der Waals surface area (Å²) in [5.41, 5.74) is -0.608. The number of rotatable bonds is 3. The Hall–Kier alpha value is -2.44. The van der Waals surface area contributed by atoms with Crippen molar-refractivity contribution in [3.8, 4) is 0 Å². The Balaban J connectivity index is 2.90. The van der Waals surface area contributed by atoms with E-state index in [1.807, 2.05) is 5.32 Å². The van der Waals surface area contributed by atoms with Crippen LogP contribution in [0.15, 0.2) is 18.2 Å². The van der Waals surface area contributed by atoms with Crippen molar-refractivity contribution in [3.63, 3.8) is 0 Å². The first kappa shape index (κ1) is 13.6. The molecule has 0 aliphatic heterocycles. The van der Waals surface area contributed by atoms with E-state index in [4.69, 9.17) is 5.11 Å². The number of ether oxygens (including phenoxy) is 1. The third-order valence-electron chi connectivity index (χ3n) is 1.92.